The van der Waals surface area contributed by atoms with Crippen molar-refractivity contribution in [2.45, 2.75) is 71.4 Å². The summed E-state index contributed by atoms with van der Waals surface area (Å²) in [6, 6.07) is 1.18. The van der Waals surface area contributed by atoms with Crippen LogP contribution in [0.15, 0.2) is 0 Å². The Kier molecular flexibility index (Phi) is 6.31. The minimum Gasteiger partial charge on any atom is -0.379 e. The summed E-state index contributed by atoms with van der Waals surface area (Å²) in [7, 11) is 0. The maximum atomic E-state index is 5.60. The zero-order valence-electron chi connectivity index (χ0n) is 13.8. The number of morpholine rings is 1. The molecule has 0 aromatic heterocycles. The molecule has 0 aromatic rings. The maximum Gasteiger partial charge on any atom is 0.0619 e. The van der Waals surface area contributed by atoms with Crippen LogP contribution in [0.2, 0.25) is 0 Å². The Hall–Kier alpha value is -0.120. The number of nitrogens with zero attached hydrogens (tertiary/aromatic N) is 1. The maximum absolute atomic E-state index is 5.60. The van der Waals surface area contributed by atoms with Crippen LogP contribution >= 0.6 is 0 Å². The lowest BCUT2D eigenvalue weighted by atomic mass is 9.79. The van der Waals surface area contributed by atoms with Gasteiger partial charge < -0.3 is 10.1 Å². The fourth-order valence-electron chi connectivity index (χ4n) is 3.72. The third-order valence-corrected chi connectivity index (χ3v) is 5.09. The van der Waals surface area contributed by atoms with Gasteiger partial charge in [-0.1, -0.05) is 39.5 Å². The molecule has 1 N–H and O–H groups in total. The second-order valence-electron chi connectivity index (χ2n) is 7.34. The zero-order valence-corrected chi connectivity index (χ0v) is 13.8. The Morgan fingerprint density at radius 2 is 1.90 bits per heavy atom. The number of nitrogens with one attached hydrogen (secondary N) is 1. The van der Waals surface area contributed by atoms with Crippen LogP contribution in [0.25, 0.3) is 0 Å². The lowest BCUT2D eigenvalue weighted by Crippen LogP contribution is -2.51. The van der Waals surface area contributed by atoms with Crippen LogP contribution in [-0.2, 0) is 4.74 Å². The molecular formula is C17H34N2O. The van der Waals surface area contributed by atoms with Gasteiger partial charge in [0.2, 0.25) is 0 Å². The smallest absolute Gasteiger partial charge is 0.0619 e. The minimum atomic E-state index is 0.492. The predicted octanol–water partition coefficient (Wildman–Crippen LogP) is 3.05. The average molecular weight is 282 g/mol. The number of rotatable bonds is 5. The van der Waals surface area contributed by atoms with E-state index >= 15 is 0 Å². The van der Waals surface area contributed by atoms with Gasteiger partial charge >= 0.3 is 0 Å². The van der Waals surface area contributed by atoms with Crippen molar-refractivity contribution in [3.05, 3.63) is 0 Å². The van der Waals surface area contributed by atoms with Crippen LogP contribution in [0.1, 0.15) is 59.3 Å². The normalized spacial score (nSPS) is 28.5. The first kappa shape index (κ1) is 16.3. The molecule has 2 rings (SSSR count). The SMILES string of the molecule is CC(C)NCC1(CN2CCOCC2C)CCCCCC1. The van der Waals surface area contributed by atoms with Gasteiger partial charge in [0.1, 0.15) is 0 Å². The molecule has 1 atom stereocenters. The first-order valence-electron chi connectivity index (χ1n) is 8.66. The molecule has 0 spiro atoms. The second-order valence-corrected chi connectivity index (χ2v) is 7.34. The Bertz CT molecular complexity index is 272. The van der Waals surface area contributed by atoms with Crippen molar-refractivity contribution in [3.8, 4) is 0 Å². The quantitative estimate of drug-likeness (QED) is 0.784. The molecule has 0 radical (unpaired) electrons. The summed E-state index contributed by atoms with van der Waals surface area (Å²) in [4.78, 5) is 2.68. The van der Waals surface area contributed by atoms with E-state index in [0.29, 0.717) is 17.5 Å². The van der Waals surface area contributed by atoms with E-state index in [-0.39, 0.29) is 0 Å². The third-order valence-electron chi connectivity index (χ3n) is 5.09. The standard InChI is InChI=1S/C17H34N2O/c1-15(2)18-13-17(8-6-4-5-7-9-17)14-19-10-11-20-12-16(19)3/h15-16,18H,4-14H2,1-3H3. The molecule has 0 bridgehead atoms. The lowest BCUT2D eigenvalue weighted by molar-refractivity contribution is -0.0235. The molecule has 1 saturated heterocycles. The molecule has 3 nitrogen and oxygen atoms in total. The lowest BCUT2D eigenvalue weighted by Gasteiger charge is -2.43. The van der Waals surface area contributed by atoms with Crippen molar-refractivity contribution in [3.63, 3.8) is 0 Å². The van der Waals surface area contributed by atoms with E-state index in [1.54, 1.807) is 0 Å². The van der Waals surface area contributed by atoms with Gasteiger partial charge in [-0.05, 0) is 25.2 Å². The zero-order chi connectivity index (χ0) is 14.4. The summed E-state index contributed by atoms with van der Waals surface area (Å²) < 4.78 is 5.60. The Morgan fingerprint density at radius 3 is 2.50 bits per heavy atom. The van der Waals surface area contributed by atoms with Crippen LogP contribution in [0.3, 0.4) is 0 Å². The van der Waals surface area contributed by atoms with Crippen LogP contribution in [0.4, 0.5) is 0 Å². The molecule has 0 amide bonds. The number of hydrogen-bond acceptors (Lipinski definition) is 3. The molecule has 2 fully saturated rings. The minimum absolute atomic E-state index is 0.492. The van der Waals surface area contributed by atoms with Gasteiger partial charge in [-0.25, -0.2) is 0 Å². The summed E-state index contributed by atoms with van der Waals surface area (Å²) in [5.41, 5.74) is 0.492. The van der Waals surface area contributed by atoms with E-state index < -0.39 is 0 Å². The summed E-state index contributed by atoms with van der Waals surface area (Å²) in [6.07, 6.45) is 8.49. The van der Waals surface area contributed by atoms with Crippen LogP contribution in [0.5, 0.6) is 0 Å². The summed E-state index contributed by atoms with van der Waals surface area (Å²) in [6.45, 7) is 12.2. The van der Waals surface area contributed by atoms with Crippen LogP contribution in [0, 0.1) is 5.41 Å². The molecule has 3 heteroatoms. The van der Waals surface area contributed by atoms with Crippen molar-refractivity contribution < 1.29 is 4.74 Å². The summed E-state index contributed by atoms with van der Waals surface area (Å²) in [5, 5.41) is 3.73. The molecule has 1 saturated carbocycles. The van der Waals surface area contributed by atoms with Gasteiger partial charge in [0.15, 0.2) is 0 Å². The van der Waals surface area contributed by atoms with Crippen molar-refractivity contribution in [1.82, 2.24) is 10.2 Å². The van der Waals surface area contributed by atoms with Gasteiger partial charge in [0.25, 0.3) is 0 Å². The summed E-state index contributed by atoms with van der Waals surface area (Å²) in [5.74, 6) is 0. The molecule has 2 aliphatic rings. The fourth-order valence-corrected chi connectivity index (χ4v) is 3.72. The number of hydrogen-bond donors (Lipinski definition) is 1. The molecule has 1 aliphatic carbocycles. The van der Waals surface area contributed by atoms with E-state index in [0.717, 1.165) is 19.8 Å². The highest BCUT2D eigenvalue weighted by atomic mass is 16.5. The predicted molar refractivity (Wildman–Crippen MR) is 85.1 cm³/mol. The Balaban J connectivity index is 2.00. The Labute approximate surface area is 125 Å². The third kappa shape index (κ3) is 4.71. The largest absolute Gasteiger partial charge is 0.379 e. The van der Waals surface area contributed by atoms with Gasteiger partial charge in [-0.2, -0.15) is 0 Å². The molecule has 1 aliphatic heterocycles. The first-order valence-corrected chi connectivity index (χ1v) is 8.66. The molecule has 1 heterocycles. The van der Waals surface area contributed by atoms with Crippen molar-refractivity contribution >= 4 is 0 Å². The molecule has 1 unspecified atom stereocenters. The number of ether oxygens (including phenoxy) is 1. The summed E-state index contributed by atoms with van der Waals surface area (Å²) >= 11 is 0. The van der Waals surface area contributed by atoms with Crippen molar-refractivity contribution in [2.24, 2.45) is 5.41 Å². The van der Waals surface area contributed by atoms with Crippen LogP contribution < -0.4 is 5.32 Å². The van der Waals surface area contributed by atoms with Gasteiger partial charge in [-0.3, -0.25) is 4.90 Å². The molecule has 118 valence electrons. The topological polar surface area (TPSA) is 24.5 Å². The van der Waals surface area contributed by atoms with Gasteiger partial charge in [0, 0.05) is 31.7 Å². The van der Waals surface area contributed by atoms with Crippen molar-refractivity contribution in [1.29, 1.82) is 0 Å². The van der Waals surface area contributed by atoms with E-state index in [2.05, 4.69) is 31.0 Å². The average Bonchev–Trinajstić information content (AvgIpc) is 2.66. The molecular weight excluding hydrogens is 248 g/mol. The molecule has 0 aromatic carbocycles. The second kappa shape index (κ2) is 7.77. The van der Waals surface area contributed by atoms with E-state index in [1.165, 1.54) is 51.6 Å². The van der Waals surface area contributed by atoms with E-state index in [4.69, 9.17) is 4.74 Å². The molecule has 20 heavy (non-hydrogen) atoms. The highest BCUT2D eigenvalue weighted by molar-refractivity contribution is 4.89. The van der Waals surface area contributed by atoms with Crippen molar-refractivity contribution in [2.75, 3.05) is 32.8 Å². The Morgan fingerprint density at radius 1 is 1.20 bits per heavy atom. The first-order chi connectivity index (χ1) is 9.61. The van der Waals surface area contributed by atoms with Gasteiger partial charge in [-0.15, -0.1) is 0 Å². The highest BCUT2D eigenvalue weighted by Crippen LogP contribution is 2.36. The van der Waals surface area contributed by atoms with E-state index in [9.17, 15) is 0 Å². The van der Waals surface area contributed by atoms with Crippen LogP contribution in [-0.4, -0.2) is 49.8 Å². The van der Waals surface area contributed by atoms with E-state index in [1.807, 2.05) is 0 Å². The fraction of sp³-hybridized carbons (Fsp3) is 1.00. The monoisotopic (exact) mass is 282 g/mol. The van der Waals surface area contributed by atoms with Gasteiger partial charge in [0.05, 0.1) is 13.2 Å². The highest BCUT2D eigenvalue weighted by Gasteiger charge is 2.34.